The number of likely N-dealkylation sites (tertiary alicyclic amines) is 1. The Morgan fingerprint density at radius 2 is 2.33 bits per heavy atom. The summed E-state index contributed by atoms with van der Waals surface area (Å²) in [6, 6.07) is 0. The van der Waals surface area contributed by atoms with Crippen molar-refractivity contribution in [1.82, 2.24) is 4.90 Å². The van der Waals surface area contributed by atoms with E-state index in [9.17, 15) is 4.79 Å². The zero-order valence-corrected chi connectivity index (χ0v) is 11.5. The number of hydrogen-bond donors (Lipinski definition) is 0. The highest BCUT2D eigenvalue weighted by Crippen LogP contribution is 2.26. The number of ether oxygens (including phenoxy) is 2. The lowest BCUT2D eigenvalue weighted by atomic mass is 9.87. The largest absolute Gasteiger partial charge is 0.462 e. The van der Waals surface area contributed by atoms with E-state index in [-0.39, 0.29) is 24.1 Å². The van der Waals surface area contributed by atoms with Gasteiger partial charge in [0.15, 0.2) is 0 Å². The van der Waals surface area contributed by atoms with Gasteiger partial charge in [0.1, 0.15) is 6.10 Å². The van der Waals surface area contributed by atoms with E-state index >= 15 is 0 Å². The second-order valence-corrected chi connectivity index (χ2v) is 4.88. The highest BCUT2D eigenvalue weighted by atomic mass is 16.5. The van der Waals surface area contributed by atoms with Gasteiger partial charge in [0.05, 0.1) is 6.10 Å². The van der Waals surface area contributed by atoms with Gasteiger partial charge in [-0.2, -0.15) is 0 Å². The van der Waals surface area contributed by atoms with Crippen molar-refractivity contribution in [2.75, 3.05) is 27.2 Å². The lowest BCUT2D eigenvalue weighted by Crippen LogP contribution is -2.48. The van der Waals surface area contributed by atoms with Crippen LogP contribution in [-0.2, 0) is 14.3 Å². The standard InChI is InChI=1S/C14H23NO3/c1-5-6-7-13(17-4)12-10-15(3)9-8-14(12)18-11(2)16/h1,12-14H,6-10H2,2-4H3. The van der Waals surface area contributed by atoms with E-state index < -0.39 is 0 Å². The molecule has 4 nitrogen and oxygen atoms in total. The van der Waals surface area contributed by atoms with E-state index in [0.717, 1.165) is 25.9 Å². The smallest absolute Gasteiger partial charge is 0.302 e. The molecule has 0 amide bonds. The van der Waals surface area contributed by atoms with Crippen LogP contribution < -0.4 is 0 Å². The van der Waals surface area contributed by atoms with Crippen molar-refractivity contribution in [3.63, 3.8) is 0 Å². The number of terminal acetylenes is 1. The van der Waals surface area contributed by atoms with E-state index in [1.54, 1.807) is 7.11 Å². The number of nitrogens with zero attached hydrogens (tertiary/aromatic N) is 1. The van der Waals surface area contributed by atoms with Gasteiger partial charge in [-0.3, -0.25) is 4.79 Å². The minimum absolute atomic E-state index is 0.0492. The second-order valence-electron chi connectivity index (χ2n) is 4.88. The fourth-order valence-corrected chi connectivity index (χ4v) is 2.58. The van der Waals surface area contributed by atoms with Crippen LogP contribution in [0.3, 0.4) is 0 Å². The molecule has 0 radical (unpaired) electrons. The lowest BCUT2D eigenvalue weighted by Gasteiger charge is -2.39. The van der Waals surface area contributed by atoms with Crippen molar-refractivity contribution in [2.24, 2.45) is 5.92 Å². The molecule has 0 N–H and O–H groups in total. The van der Waals surface area contributed by atoms with Gasteiger partial charge in [-0.1, -0.05) is 0 Å². The van der Waals surface area contributed by atoms with Gasteiger partial charge in [0.25, 0.3) is 0 Å². The average molecular weight is 253 g/mol. The van der Waals surface area contributed by atoms with Crippen LogP contribution in [0.2, 0.25) is 0 Å². The molecule has 1 aliphatic heterocycles. The molecule has 0 saturated carbocycles. The van der Waals surface area contributed by atoms with Crippen LogP contribution in [0.4, 0.5) is 0 Å². The van der Waals surface area contributed by atoms with Crippen LogP contribution in [0.1, 0.15) is 26.2 Å². The molecule has 0 spiro atoms. The van der Waals surface area contributed by atoms with Crippen molar-refractivity contribution in [1.29, 1.82) is 0 Å². The first-order valence-corrected chi connectivity index (χ1v) is 6.40. The molecular weight excluding hydrogens is 230 g/mol. The number of rotatable bonds is 5. The minimum Gasteiger partial charge on any atom is -0.462 e. The number of carbonyl (C=O) groups is 1. The van der Waals surface area contributed by atoms with Gasteiger partial charge >= 0.3 is 5.97 Å². The molecule has 0 bridgehead atoms. The molecule has 1 heterocycles. The van der Waals surface area contributed by atoms with Crippen LogP contribution >= 0.6 is 0 Å². The Morgan fingerprint density at radius 3 is 2.89 bits per heavy atom. The van der Waals surface area contributed by atoms with Gasteiger partial charge in [0, 0.05) is 39.5 Å². The zero-order valence-electron chi connectivity index (χ0n) is 11.5. The van der Waals surface area contributed by atoms with Gasteiger partial charge in [-0.15, -0.1) is 12.3 Å². The molecule has 3 atom stereocenters. The zero-order chi connectivity index (χ0) is 13.5. The summed E-state index contributed by atoms with van der Waals surface area (Å²) in [5, 5.41) is 0. The molecule has 1 aliphatic rings. The number of esters is 1. The first-order valence-electron chi connectivity index (χ1n) is 6.40. The molecule has 102 valence electrons. The van der Waals surface area contributed by atoms with Crippen molar-refractivity contribution in [2.45, 2.75) is 38.4 Å². The van der Waals surface area contributed by atoms with Gasteiger partial charge in [-0.05, 0) is 19.9 Å². The van der Waals surface area contributed by atoms with Gasteiger partial charge in [0.2, 0.25) is 0 Å². The van der Waals surface area contributed by atoms with Crippen LogP contribution in [0.25, 0.3) is 0 Å². The summed E-state index contributed by atoms with van der Waals surface area (Å²) < 4.78 is 11.0. The van der Waals surface area contributed by atoms with Crippen LogP contribution in [-0.4, -0.2) is 50.3 Å². The predicted octanol–water partition coefficient (Wildman–Crippen LogP) is 1.30. The first-order chi connectivity index (χ1) is 8.58. The Hall–Kier alpha value is -1.05. The van der Waals surface area contributed by atoms with Gasteiger partial charge < -0.3 is 14.4 Å². The monoisotopic (exact) mass is 253 g/mol. The Labute approximate surface area is 110 Å². The Morgan fingerprint density at radius 1 is 1.61 bits per heavy atom. The highest BCUT2D eigenvalue weighted by Gasteiger charge is 2.35. The minimum atomic E-state index is -0.221. The quantitative estimate of drug-likeness (QED) is 0.547. The maximum atomic E-state index is 11.2. The molecule has 1 rings (SSSR count). The molecular formula is C14H23NO3. The van der Waals surface area contributed by atoms with Crippen LogP contribution in [0, 0.1) is 18.3 Å². The Balaban J connectivity index is 2.69. The maximum absolute atomic E-state index is 11.2. The van der Waals surface area contributed by atoms with E-state index in [1.807, 2.05) is 0 Å². The van der Waals surface area contributed by atoms with Crippen LogP contribution in [0.15, 0.2) is 0 Å². The summed E-state index contributed by atoms with van der Waals surface area (Å²) in [4.78, 5) is 13.4. The number of methoxy groups -OCH3 is 1. The summed E-state index contributed by atoms with van der Waals surface area (Å²) in [7, 11) is 3.77. The molecule has 0 aromatic heterocycles. The number of piperidine rings is 1. The fraction of sp³-hybridized carbons (Fsp3) is 0.786. The highest BCUT2D eigenvalue weighted by molar-refractivity contribution is 5.66. The molecule has 18 heavy (non-hydrogen) atoms. The third kappa shape index (κ3) is 4.32. The fourth-order valence-electron chi connectivity index (χ4n) is 2.58. The lowest BCUT2D eigenvalue weighted by molar-refractivity contribution is -0.156. The molecule has 0 aromatic rings. The molecule has 0 aromatic carbocycles. The predicted molar refractivity (Wildman–Crippen MR) is 70.0 cm³/mol. The van der Waals surface area contributed by atoms with E-state index in [4.69, 9.17) is 15.9 Å². The summed E-state index contributed by atoms with van der Waals surface area (Å²) >= 11 is 0. The number of carbonyl (C=O) groups excluding carboxylic acids is 1. The summed E-state index contributed by atoms with van der Waals surface area (Å²) in [6.07, 6.45) is 7.65. The topological polar surface area (TPSA) is 38.8 Å². The third-order valence-corrected chi connectivity index (χ3v) is 3.47. The van der Waals surface area contributed by atoms with E-state index in [2.05, 4.69) is 17.9 Å². The SMILES string of the molecule is C#CCCC(OC)C1CN(C)CCC1OC(C)=O. The molecule has 4 heteroatoms. The molecule has 0 aliphatic carbocycles. The second kappa shape index (κ2) is 7.40. The average Bonchev–Trinajstić information content (AvgIpc) is 2.33. The maximum Gasteiger partial charge on any atom is 0.302 e. The van der Waals surface area contributed by atoms with Crippen molar-refractivity contribution in [3.8, 4) is 12.3 Å². The molecule has 1 saturated heterocycles. The van der Waals surface area contributed by atoms with Crippen molar-refractivity contribution >= 4 is 5.97 Å². The summed E-state index contributed by atoms with van der Waals surface area (Å²) in [5.41, 5.74) is 0. The van der Waals surface area contributed by atoms with Crippen molar-refractivity contribution < 1.29 is 14.3 Å². The van der Waals surface area contributed by atoms with Gasteiger partial charge in [-0.25, -0.2) is 0 Å². The van der Waals surface area contributed by atoms with Crippen LogP contribution in [0.5, 0.6) is 0 Å². The summed E-state index contributed by atoms with van der Waals surface area (Å²) in [6.45, 7) is 3.28. The van der Waals surface area contributed by atoms with Crippen molar-refractivity contribution in [3.05, 3.63) is 0 Å². The molecule has 1 fully saturated rings. The Kier molecular flexibility index (Phi) is 6.17. The van der Waals surface area contributed by atoms with E-state index in [0.29, 0.717) is 6.42 Å². The molecule has 3 unspecified atom stereocenters. The third-order valence-electron chi connectivity index (χ3n) is 3.47. The summed E-state index contributed by atoms with van der Waals surface area (Å²) in [5.74, 6) is 2.62. The Bertz CT molecular complexity index is 311. The number of hydrogen-bond acceptors (Lipinski definition) is 4. The normalized spacial score (nSPS) is 26.3. The van der Waals surface area contributed by atoms with E-state index in [1.165, 1.54) is 6.92 Å². The first kappa shape index (κ1) is 15.0.